The first-order valence-electron chi connectivity index (χ1n) is 27.0. The summed E-state index contributed by atoms with van der Waals surface area (Å²) in [6.07, 6.45) is 0. The average Bonchev–Trinajstić information content (AvgIpc) is 4.09. The van der Waals surface area contributed by atoms with Crippen molar-refractivity contribution in [2.75, 3.05) is 0 Å². The summed E-state index contributed by atoms with van der Waals surface area (Å²) >= 11 is 0. The van der Waals surface area contributed by atoms with Gasteiger partial charge in [0, 0.05) is 21.9 Å². The highest BCUT2D eigenvalue weighted by Crippen LogP contribution is 2.45. The number of fused-ring (bicyclic) bond motifs is 15. The van der Waals surface area contributed by atoms with E-state index in [0.29, 0.717) is 17.6 Å². The lowest BCUT2D eigenvalue weighted by atomic mass is 9.92. The maximum absolute atomic E-state index is 5.73. The Bertz CT molecular complexity index is 4670. The fourth-order valence-electron chi connectivity index (χ4n) is 12.5. The Morgan fingerprint density at radius 2 is 0.418 bits per heavy atom. The van der Waals surface area contributed by atoms with Gasteiger partial charge < -0.3 is 0 Å². The molecule has 2 heterocycles. The summed E-state index contributed by atoms with van der Waals surface area (Å²) in [5.41, 5.74) is 12.5. The Kier molecular flexibility index (Phi) is 10.2. The van der Waals surface area contributed by atoms with Crippen LogP contribution in [0.5, 0.6) is 0 Å². The minimum absolute atomic E-state index is 0.534. The van der Waals surface area contributed by atoms with Crippen LogP contribution < -0.4 is 0 Å². The van der Waals surface area contributed by atoms with E-state index >= 15 is 0 Å². The molecule has 0 atom stereocenters. The zero-order chi connectivity index (χ0) is 52.0. The summed E-state index contributed by atoms with van der Waals surface area (Å²) < 4.78 is 2.32. The van der Waals surface area contributed by atoms with Crippen LogP contribution in [0.1, 0.15) is 0 Å². The molecule has 0 radical (unpaired) electrons. The molecule has 16 rings (SSSR count). The third kappa shape index (κ3) is 7.41. The van der Waals surface area contributed by atoms with Crippen molar-refractivity contribution in [2.24, 2.45) is 0 Å². The Balaban J connectivity index is 1.06. The standard InChI is InChI=1S/C75H46N4/c1-5-21-47(22-6-1)51-37-52(48-23-7-2-8-24-48)40-55(39-51)73-76-74(56-41-53(49-25-9-3-10-26-49)38-54(42-56)50-27-11-4-12-28-50)78-75(77-73)79-71-45-67-63-35-19-15-31-59(63)57-29-13-17-33-61(57)65(67)43-69(71)70-44-66-62-34-18-14-30-58(62)60-32-16-20-36-64(60)68(66)46-72(70)79/h1-46H. The molecular formula is C75H46N4. The Labute approximate surface area is 455 Å². The second-order valence-corrected chi connectivity index (χ2v) is 20.7. The molecule has 0 amide bonds. The van der Waals surface area contributed by atoms with Crippen molar-refractivity contribution >= 4 is 86.4 Å². The Morgan fingerprint density at radius 3 is 0.709 bits per heavy atom. The van der Waals surface area contributed by atoms with E-state index in [1.165, 1.54) is 64.6 Å². The van der Waals surface area contributed by atoms with E-state index in [1.807, 2.05) is 0 Å². The highest BCUT2D eigenvalue weighted by molar-refractivity contribution is 6.32. The number of hydrogen-bond acceptors (Lipinski definition) is 3. The number of hydrogen-bond donors (Lipinski definition) is 0. The minimum atomic E-state index is 0.534. The highest BCUT2D eigenvalue weighted by atomic mass is 15.2. The van der Waals surface area contributed by atoms with Crippen molar-refractivity contribution < 1.29 is 0 Å². The first-order chi connectivity index (χ1) is 39.1. The van der Waals surface area contributed by atoms with Crippen molar-refractivity contribution in [1.29, 1.82) is 0 Å². The van der Waals surface area contributed by atoms with Gasteiger partial charge >= 0.3 is 0 Å². The van der Waals surface area contributed by atoms with E-state index < -0.39 is 0 Å². The number of benzene rings is 14. The maximum atomic E-state index is 5.73. The Morgan fingerprint density at radius 1 is 0.177 bits per heavy atom. The molecule has 0 unspecified atom stereocenters. The van der Waals surface area contributed by atoms with Gasteiger partial charge in [0.25, 0.3) is 0 Å². The van der Waals surface area contributed by atoms with Crippen LogP contribution in [0.25, 0.3) is 160 Å². The number of aromatic nitrogens is 4. The van der Waals surface area contributed by atoms with Crippen LogP contribution in [0.2, 0.25) is 0 Å². The molecule has 4 nitrogen and oxygen atoms in total. The lowest BCUT2D eigenvalue weighted by Crippen LogP contribution is -2.07. The first-order valence-corrected chi connectivity index (χ1v) is 27.0. The molecule has 79 heavy (non-hydrogen) atoms. The second-order valence-electron chi connectivity index (χ2n) is 20.7. The van der Waals surface area contributed by atoms with Crippen LogP contribution in [0.4, 0.5) is 0 Å². The fraction of sp³-hybridized carbons (Fsp3) is 0. The van der Waals surface area contributed by atoms with Gasteiger partial charge in [-0.3, -0.25) is 4.57 Å². The summed E-state index contributed by atoms with van der Waals surface area (Å²) in [6.45, 7) is 0. The lowest BCUT2D eigenvalue weighted by Gasteiger charge is -2.15. The van der Waals surface area contributed by atoms with Crippen molar-refractivity contribution in [2.45, 2.75) is 0 Å². The predicted octanol–water partition coefficient (Wildman–Crippen LogP) is 19.9. The van der Waals surface area contributed by atoms with Gasteiger partial charge in [-0.25, -0.2) is 4.98 Å². The molecule has 0 saturated carbocycles. The lowest BCUT2D eigenvalue weighted by molar-refractivity contribution is 0.954. The number of rotatable bonds is 7. The van der Waals surface area contributed by atoms with Gasteiger partial charge in [-0.1, -0.05) is 218 Å². The third-order valence-corrected chi connectivity index (χ3v) is 16.1. The molecule has 0 saturated heterocycles. The van der Waals surface area contributed by atoms with Gasteiger partial charge in [-0.05, 0) is 170 Å². The van der Waals surface area contributed by atoms with Crippen molar-refractivity contribution in [3.8, 4) is 73.2 Å². The molecule has 4 heteroatoms. The summed E-state index contributed by atoms with van der Waals surface area (Å²) in [7, 11) is 0. The maximum Gasteiger partial charge on any atom is 0.238 e. The van der Waals surface area contributed by atoms with Crippen LogP contribution >= 0.6 is 0 Å². The van der Waals surface area contributed by atoms with Crippen LogP contribution in [-0.2, 0) is 0 Å². The van der Waals surface area contributed by atoms with Gasteiger partial charge in [0.2, 0.25) is 5.95 Å². The predicted molar refractivity (Wildman–Crippen MR) is 332 cm³/mol. The molecular weight excluding hydrogens is 957 g/mol. The molecule has 0 spiro atoms. The van der Waals surface area contributed by atoms with Crippen molar-refractivity contribution in [3.05, 3.63) is 279 Å². The summed E-state index contributed by atoms with van der Waals surface area (Å²) in [5, 5.41) is 16.8. The zero-order valence-corrected chi connectivity index (χ0v) is 42.8. The average molecular weight is 1000 g/mol. The Hall–Kier alpha value is -10.6. The highest BCUT2D eigenvalue weighted by Gasteiger charge is 2.23. The monoisotopic (exact) mass is 1000 g/mol. The van der Waals surface area contributed by atoms with Gasteiger partial charge in [-0.2, -0.15) is 9.97 Å². The van der Waals surface area contributed by atoms with Crippen molar-refractivity contribution in [3.63, 3.8) is 0 Å². The molecule has 366 valence electrons. The second kappa shape index (κ2) is 18.1. The largest absolute Gasteiger partial charge is 0.278 e. The van der Waals surface area contributed by atoms with E-state index in [-0.39, 0.29) is 0 Å². The quantitative estimate of drug-likeness (QED) is 0.149. The minimum Gasteiger partial charge on any atom is -0.278 e. The summed E-state index contributed by atoms with van der Waals surface area (Å²) in [4.78, 5) is 17.1. The zero-order valence-electron chi connectivity index (χ0n) is 42.8. The molecule has 14 aromatic carbocycles. The van der Waals surface area contributed by atoms with E-state index in [4.69, 9.17) is 15.0 Å². The molecule has 0 fully saturated rings. The molecule has 0 aliphatic rings. The van der Waals surface area contributed by atoms with Crippen LogP contribution in [0, 0.1) is 0 Å². The normalized spacial score (nSPS) is 11.8. The molecule has 16 aromatic rings. The SMILES string of the molecule is c1ccc(-c2cc(-c3ccccc3)cc(-c3nc(-c4cc(-c5ccccc5)cc(-c5ccccc5)c4)nc(-n4c5cc6c7ccccc7c7ccccc7c6cc5c5cc6c7ccccc7c7ccccc7c6cc54)n3)c2)cc1. The van der Waals surface area contributed by atoms with Gasteiger partial charge in [0.1, 0.15) is 0 Å². The molecule has 0 N–H and O–H groups in total. The summed E-state index contributed by atoms with van der Waals surface area (Å²) in [6, 6.07) is 101. The molecule has 0 aliphatic heterocycles. The summed E-state index contributed by atoms with van der Waals surface area (Å²) in [5.74, 6) is 1.68. The van der Waals surface area contributed by atoms with Crippen LogP contribution in [-0.4, -0.2) is 19.5 Å². The van der Waals surface area contributed by atoms with Crippen LogP contribution in [0.3, 0.4) is 0 Å². The van der Waals surface area contributed by atoms with Gasteiger partial charge in [-0.15, -0.1) is 0 Å². The van der Waals surface area contributed by atoms with E-state index in [2.05, 4.69) is 284 Å². The van der Waals surface area contributed by atoms with Gasteiger partial charge in [0.15, 0.2) is 11.6 Å². The molecule has 0 aliphatic carbocycles. The van der Waals surface area contributed by atoms with Crippen LogP contribution in [0.15, 0.2) is 279 Å². The number of nitrogens with zero attached hydrogens (tertiary/aromatic N) is 4. The first kappa shape index (κ1) is 44.7. The van der Waals surface area contributed by atoms with Crippen molar-refractivity contribution in [1.82, 2.24) is 19.5 Å². The van der Waals surface area contributed by atoms with E-state index in [1.54, 1.807) is 0 Å². The third-order valence-electron chi connectivity index (χ3n) is 16.1. The smallest absolute Gasteiger partial charge is 0.238 e. The topological polar surface area (TPSA) is 43.6 Å². The molecule has 2 aromatic heterocycles. The van der Waals surface area contributed by atoms with E-state index in [9.17, 15) is 0 Å². The van der Waals surface area contributed by atoms with E-state index in [0.717, 1.165) is 77.4 Å². The fourth-order valence-corrected chi connectivity index (χ4v) is 12.5. The molecule has 0 bridgehead atoms. The van der Waals surface area contributed by atoms with Gasteiger partial charge in [0.05, 0.1) is 11.0 Å².